The summed E-state index contributed by atoms with van der Waals surface area (Å²) in [6, 6.07) is 12.2. The third-order valence-corrected chi connectivity index (χ3v) is 4.03. The first-order valence-electron chi connectivity index (χ1n) is 6.79. The number of hydrogen-bond acceptors (Lipinski definition) is 4. The number of rotatable bonds is 1. The monoisotopic (exact) mass is 262 g/mol. The van der Waals surface area contributed by atoms with Gasteiger partial charge in [-0.3, -0.25) is 4.98 Å². The first kappa shape index (κ1) is 11.3. The highest BCUT2D eigenvalue weighted by molar-refractivity contribution is 5.92. The zero-order chi connectivity index (χ0) is 13.5. The smallest absolute Gasteiger partial charge is 0.153 e. The minimum atomic E-state index is 0.226. The van der Waals surface area contributed by atoms with E-state index in [1.807, 2.05) is 30.5 Å². The molecule has 4 nitrogen and oxygen atoms in total. The van der Waals surface area contributed by atoms with E-state index < -0.39 is 0 Å². The predicted molar refractivity (Wildman–Crippen MR) is 78.4 cm³/mol. The molecule has 2 N–H and O–H groups in total. The maximum atomic E-state index is 5.93. The molecule has 0 aliphatic heterocycles. The van der Waals surface area contributed by atoms with Gasteiger partial charge in [-0.15, -0.1) is 5.10 Å². The maximum Gasteiger partial charge on any atom is 0.153 e. The second-order valence-corrected chi connectivity index (χ2v) is 5.16. The van der Waals surface area contributed by atoms with Gasteiger partial charge in [-0.05, 0) is 24.5 Å². The minimum Gasteiger partial charge on any atom is -0.382 e. The summed E-state index contributed by atoms with van der Waals surface area (Å²) >= 11 is 0. The van der Waals surface area contributed by atoms with E-state index in [1.165, 1.54) is 5.56 Å². The van der Waals surface area contributed by atoms with Crippen LogP contribution in [0.4, 0.5) is 5.82 Å². The molecule has 0 saturated heterocycles. The number of pyridine rings is 1. The number of benzene rings is 1. The number of nitrogens with zero attached hydrogens (tertiary/aromatic N) is 3. The Hall–Kier alpha value is -2.49. The highest BCUT2D eigenvalue weighted by atomic mass is 15.1. The summed E-state index contributed by atoms with van der Waals surface area (Å²) in [5.74, 6) is 0.716. The summed E-state index contributed by atoms with van der Waals surface area (Å²) in [5, 5.41) is 10.6. The molecule has 0 amide bonds. The molecule has 3 aromatic rings. The Morgan fingerprint density at radius 2 is 1.80 bits per heavy atom. The van der Waals surface area contributed by atoms with Crippen LogP contribution >= 0.6 is 0 Å². The molecule has 1 unspecified atom stereocenters. The lowest BCUT2D eigenvalue weighted by Gasteiger charge is -2.13. The Labute approximate surface area is 116 Å². The van der Waals surface area contributed by atoms with Crippen molar-refractivity contribution in [3.05, 3.63) is 59.5 Å². The number of aryl methyl sites for hydroxylation is 1. The molecular weight excluding hydrogens is 248 g/mol. The van der Waals surface area contributed by atoms with Gasteiger partial charge in [0.25, 0.3) is 0 Å². The largest absolute Gasteiger partial charge is 0.382 e. The van der Waals surface area contributed by atoms with Crippen molar-refractivity contribution in [2.45, 2.75) is 18.8 Å². The van der Waals surface area contributed by atoms with E-state index in [-0.39, 0.29) is 5.92 Å². The Morgan fingerprint density at radius 1 is 0.950 bits per heavy atom. The number of anilines is 1. The Bertz CT molecular complexity index is 797. The van der Waals surface area contributed by atoms with E-state index in [0.29, 0.717) is 5.82 Å². The molecule has 4 rings (SSSR count). The lowest BCUT2D eigenvalue weighted by atomic mass is 9.97. The molecule has 0 spiro atoms. The number of hydrogen-bond donors (Lipinski definition) is 1. The summed E-state index contributed by atoms with van der Waals surface area (Å²) in [6.45, 7) is 0. The van der Waals surface area contributed by atoms with Gasteiger partial charge >= 0.3 is 0 Å². The van der Waals surface area contributed by atoms with E-state index in [1.54, 1.807) is 0 Å². The standard InChI is InChI=1S/C16H14N4/c17-16-12-6-2-1-5-11(12)15(19-20-16)13-8-7-10-4-3-9-18-14(10)13/h1-6,9,13H,7-8H2,(H2,17,20). The van der Waals surface area contributed by atoms with Crippen molar-refractivity contribution < 1.29 is 0 Å². The molecule has 0 saturated carbocycles. The first-order chi connectivity index (χ1) is 9.84. The molecule has 1 aromatic carbocycles. The highest BCUT2D eigenvalue weighted by Crippen LogP contribution is 2.38. The minimum absolute atomic E-state index is 0.226. The molecule has 2 aromatic heterocycles. The van der Waals surface area contributed by atoms with Crippen LogP contribution in [-0.4, -0.2) is 15.2 Å². The second-order valence-electron chi connectivity index (χ2n) is 5.16. The molecule has 1 aliphatic rings. The van der Waals surface area contributed by atoms with Crippen molar-refractivity contribution in [1.29, 1.82) is 0 Å². The molecule has 20 heavy (non-hydrogen) atoms. The zero-order valence-electron chi connectivity index (χ0n) is 11.0. The van der Waals surface area contributed by atoms with E-state index >= 15 is 0 Å². The summed E-state index contributed by atoms with van der Waals surface area (Å²) in [4.78, 5) is 4.55. The number of nitrogen functional groups attached to an aromatic ring is 1. The van der Waals surface area contributed by atoms with E-state index in [0.717, 1.165) is 35.0 Å². The fraction of sp³-hybridized carbons (Fsp3) is 0.188. The first-order valence-corrected chi connectivity index (χ1v) is 6.79. The number of aromatic nitrogens is 3. The van der Waals surface area contributed by atoms with Gasteiger partial charge in [0.1, 0.15) is 0 Å². The van der Waals surface area contributed by atoms with Gasteiger partial charge < -0.3 is 5.73 Å². The molecule has 98 valence electrons. The molecular formula is C16H14N4. The SMILES string of the molecule is Nc1nnc(C2CCc3cccnc32)c2ccccc12. The molecule has 0 bridgehead atoms. The second kappa shape index (κ2) is 4.27. The van der Waals surface area contributed by atoms with Gasteiger partial charge in [0.15, 0.2) is 5.82 Å². The molecule has 0 radical (unpaired) electrons. The van der Waals surface area contributed by atoms with Crippen molar-refractivity contribution >= 4 is 16.6 Å². The van der Waals surface area contributed by atoms with Crippen molar-refractivity contribution in [3.63, 3.8) is 0 Å². The lowest BCUT2D eigenvalue weighted by molar-refractivity contribution is 0.736. The van der Waals surface area contributed by atoms with Crippen molar-refractivity contribution in [2.24, 2.45) is 0 Å². The average Bonchev–Trinajstić information content (AvgIpc) is 2.92. The fourth-order valence-electron chi connectivity index (χ4n) is 3.08. The topological polar surface area (TPSA) is 64.7 Å². The van der Waals surface area contributed by atoms with Gasteiger partial charge in [0, 0.05) is 22.9 Å². The normalized spacial score (nSPS) is 17.3. The zero-order valence-corrected chi connectivity index (χ0v) is 11.0. The van der Waals surface area contributed by atoms with Crippen LogP contribution < -0.4 is 5.73 Å². The Balaban J connectivity index is 1.95. The summed E-state index contributed by atoms with van der Waals surface area (Å²) in [7, 11) is 0. The Kier molecular flexibility index (Phi) is 2.42. The van der Waals surface area contributed by atoms with Crippen LogP contribution in [-0.2, 0) is 6.42 Å². The van der Waals surface area contributed by atoms with Gasteiger partial charge in [-0.25, -0.2) is 0 Å². The van der Waals surface area contributed by atoms with Gasteiger partial charge in [0.2, 0.25) is 0 Å². The quantitative estimate of drug-likeness (QED) is 0.732. The van der Waals surface area contributed by atoms with Crippen LogP contribution in [0.3, 0.4) is 0 Å². The van der Waals surface area contributed by atoms with Crippen LogP contribution in [0.5, 0.6) is 0 Å². The summed E-state index contributed by atoms with van der Waals surface area (Å²) in [5.41, 5.74) is 9.38. The Morgan fingerprint density at radius 3 is 2.70 bits per heavy atom. The molecule has 0 fully saturated rings. The van der Waals surface area contributed by atoms with Crippen LogP contribution in [0.1, 0.15) is 29.3 Å². The van der Waals surface area contributed by atoms with Crippen LogP contribution in [0.2, 0.25) is 0 Å². The van der Waals surface area contributed by atoms with Crippen LogP contribution in [0.15, 0.2) is 42.6 Å². The third-order valence-electron chi connectivity index (χ3n) is 4.03. The van der Waals surface area contributed by atoms with Crippen LogP contribution in [0.25, 0.3) is 10.8 Å². The van der Waals surface area contributed by atoms with Gasteiger partial charge in [-0.2, -0.15) is 5.10 Å². The molecule has 4 heteroatoms. The van der Waals surface area contributed by atoms with Crippen LogP contribution in [0, 0.1) is 0 Å². The number of fused-ring (bicyclic) bond motifs is 2. The highest BCUT2D eigenvalue weighted by Gasteiger charge is 2.28. The molecule has 2 heterocycles. The van der Waals surface area contributed by atoms with Crippen molar-refractivity contribution in [3.8, 4) is 0 Å². The predicted octanol–water partition coefficient (Wildman–Crippen LogP) is 2.69. The van der Waals surface area contributed by atoms with Crippen molar-refractivity contribution in [2.75, 3.05) is 5.73 Å². The third kappa shape index (κ3) is 1.58. The van der Waals surface area contributed by atoms with E-state index in [2.05, 4.69) is 27.3 Å². The number of nitrogens with two attached hydrogens (primary N) is 1. The van der Waals surface area contributed by atoms with Gasteiger partial charge in [0.05, 0.1) is 11.4 Å². The summed E-state index contributed by atoms with van der Waals surface area (Å²) in [6.07, 6.45) is 3.94. The maximum absolute atomic E-state index is 5.93. The van der Waals surface area contributed by atoms with Crippen molar-refractivity contribution in [1.82, 2.24) is 15.2 Å². The van der Waals surface area contributed by atoms with E-state index in [9.17, 15) is 0 Å². The fourth-order valence-corrected chi connectivity index (χ4v) is 3.08. The lowest BCUT2D eigenvalue weighted by Crippen LogP contribution is -2.06. The molecule has 1 aliphatic carbocycles. The van der Waals surface area contributed by atoms with Gasteiger partial charge in [-0.1, -0.05) is 30.3 Å². The van der Waals surface area contributed by atoms with E-state index in [4.69, 9.17) is 5.73 Å². The summed E-state index contributed by atoms with van der Waals surface area (Å²) < 4.78 is 0. The average molecular weight is 262 g/mol. The molecule has 1 atom stereocenters.